The number of hydrogen-bond donors (Lipinski definition) is 0. The van der Waals surface area contributed by atoms with Crippen molar-refractivity contribution in [3.8, 4) is 0 Å². The van der Waals surface area contributed by atoms with Crippen LogP contribution in [0.15, 0.2) is 41.1 Å². The fourth-order valence-corrected chi connectivity index (χ4v) is 5.12. The number of aromatic nitrogens is 2. The number of Topliss-reactive ketones (excluding diaryl/α,β-unsaturated/α-hetero) is 1. The van der Waals surface area contributed by atoms with Gasteiger partial charge in [-0.1, -0.05) is 30.4 Å². The number of carbonyl (C=O) groups excluding carboxylic acids is 2. The predicted octanol–water partition coefficient (Wildman–Crippen LogP) is 3.42. The van der Waals surface area contributed by atoms with E-state index < -0.39 is 17.8 Å². The molecule has 1 aromatic heterocycles. The summed E-state index contributed by atoms with van der Waals surface area (Å²) in [5.74, 6) is -0.644. The smallest absolute Gasteiger partial charge is 0.296 e. The Morgan fingerprint density at radius 3 is 2.89 bits per heavy atom. The molecule has 0 N–H and O–H groups in total. The second kappa shape index (κ2) is 6.48. The number of halogens is 1. The van der Waals surface area contributed by atoms with Crippen LogP contribution in [0.4, 0.5) is 9.52 Å². The largest absolute Gasteiger partial charge is 0.483 e. The fourth-order valence-electron chi connectivity index (χ4n) is 4.54. The van der Waals surface area contributed by atoms with Gasteiger partial charge in [-0.2, -0.15) is 0 Å². The fraction of sp³-hybridized carbons (Fsp3) is 0.400. The van der Waals surface area contributed by atoms with Crippen molar-refractivity contribution in [1.29, 1.82) is 0 Å². The number of ether oxygens (including phenoxy) is 1. The van der Waals surface area contributed by atoms with Gasteiger partial charge in [-0.15, -0.1) is 10.2 Å². The van der Waals surface area contributed by atoms with Gasteiger partial charge in [-0.25, -0.2) is 4.39 Å². The molecule has 6 nitrogen and oxygen atoms in total. The molecule has 1 saturated carbocycles. The summed E-state index contributed by atoms with van der Waals surface area (Å²) in [6.07, 6.45) is 2.20. The first kappa shape index (κ1) is 17.5. The lowest BCUT2D eigenvalue weighted by atomic mass is 9.74. The molecule has 0 radical (unpaired) electrons. The lowest BCUT2D eigenvalue weighted by Crippen LogP contribution is -2.41. The van der Waals surface area contributed by atoms with Gasteiger partial charge in [0.1, 0.15) is 17.4 Å². The molecule has 1 amide bonds. The molecule has 8 heteroatoms. The highest BCUT2D eigenvalue weighted by Crippen LogP contribution is 2.49. The Hall–Kier alpha value is -2.61. The average molecular weight is 399 g/mol. The van der Waals surface area contributed by atoms with Crippen LogP contribution in [0.3, 0.4) is 0 Å². The molecule has 2 aliphatic heterocycles. The van der Waals surface area contributed by atoms with E-state index in [2.05, 4.69) is 17.1 Å². The Kier molecular flexibility index (Phi) is 4.04. The maximum Gasteiger partial charge on any atom is 0.296 e. The summed E-state index contributed by atoms with van der Waals surface area (Å²) in [4.78, 5) is 28.1. The van der Waals surface area contributed by atoms with E-state index in [0.29, 0.717) is 22.2 Å². The van der Waals surface area contributed by atoms with Crippen molar-refractivity contribution in [2.24, 2.45) is 11.8 Å². The van der Waals surface area contributed by atoms with Crippen molar-refractivity contribution in [2.75, 3.05) is 4.90 Å². The number of rotatable bonds is 2. The molecule has 4 atom stereocenters. The van der Waals surface area contributed by atoms with Crippen LogP contribution in [-0.4, -0.2) is 28.0 Å². The van der Waals surface area contributed by atoms with Crippen molar-refractivity contribution < 1.29 is 18.7 Å². The van der Waals surface area contributed by atoms with Crippen LogP contribution in [0.2, 0.25) is 0 Å². The van der Waals surface area contributed by atoms with Gasteiger partial charge in [0.25, 0.3) is 5.91 Å². The second-order valence-corrected chi connectivity index (χ2v) is 8.45. The average Bonchev–Trinajstić information content (AvgIpc) is 3.29. The highest BCUT2D eigenvalue weighted by atomic mass is 32.1. The highest BCUT2D eigenvalue weighted by molar-refractivity contribution is 7.13. The van der Waals surface area contributed by atoms with E-state index in [1.165, 1.54) is 33.9 Å². The zero-order chi connectivity index (χ0) is 19.4. The van der Waals surface area contributed by atoms with Crippen molar-refractivity contribution >= 4 is 28.2 Å². The van der Waals surface area contributed by atoms with Crippen LogP contribution in [-0.2, 0) is 14.3 Å². The third-order valence-corrected chi connectivity index (χ3v) is 6.52. The first-order valence-electron chi connectivity index (χ1n) is 9.35. The molecule has 3 aliphatic rings. The Bertz CT molecular complexity index is 990. The van der Waals surface area contributed by atoms with Crippen LogP contribution >= 0.6 is 11.3 Å². The van der Waals surface area contributed by atoms with E-state index in [1.54, 1.807) is 12.1 Å². The Morgan fingerprint density at radius 2 is 2.14 bits per heavy atom. The zero-order valence-corrected chi connectivity index (χ0v) is 16.0. The lowest BCUT2D eigenvalue weighted by Gasteiger charge is -2.37. The number of ketones is 1. The molecule has 3 heterocycles. The Morgan fingerprint density at radius 1 is 1.29 bits per heavy atom. The van der Waals surface area contributed by atoms with Crippen LogP contribution in [0.5, 0.6) is 0 Å². The third kappa shape index (κ3) is 2.58. The minimum atomic E-state index is -0.753. The van der Waals surface area contributed by atoms with Gasteiger partial charge >= 0.3 is 0 Å². The topological polar surface area (TPSA) is 72.4 Å². The van der Waals surface area contributed by atoms with E-state index in [4.69, 9.17) is 4.74 Å². The molecule has 1 fully saturated rings. The summed E-state index contributed by atoms with van der Waals surface area (Å²) in [6.45, 7) is 2.13. The molecule has 0 bridgehead atoms. The number of hydrogen-bond acceptors (Lipinski definition) is 6. The first-order chi connectivity index (χ1) is 13.5. The number of nitrogens with zero attached hydrogens (tertiary/aromatic N) is 3. The predicted molar refractivity (Wildman–Crippen MR) is 99.9 cm³/mol. The van der Waals surface area contributed by atoms with Crippen LogP contribution < -0.4 is 4.90 Å². The molecule has 0 saturated heterocycles. The molecule has 0 spiro atoms. The zero-order valence-electron chi connectivity index (χ0n) is 15.2. The first-order valence-corrected chi connectivity index (χ1v) is 10.2. The maximum absolute atomic E-state index is 14.0. The van der Waals surface area contributed by atoms with E-state index >= 15 is 0 Å². The summed E-state index contributed by atoms with van der Waals surface area (Å²) >= 11 is 1.19. The highest BCUT2D eigenvalue weighted by Gasteiger charge is 2.53. The molecule has 4 unspecified atom stereocenters. The van der Waals surface area contributed by atoms with Crippen molar-refractivity contribution in [1.82, 2.24) is 10.2 Å². The number of amides is 1. The summed E-state index contributed by atoms with van der Waals surface area (Å²) < 4.78 is 20.1. The SMILES string of the molecule is CC1CCC2OC3=C(C(=O)C2C1)C(c1cccc(F)c1)N(c1nncs1)C3=O. The van der Waals surface area contributed by atoms with Gasteiger partial charge < -0.3 is 4.74 Å². The summed E-state index contributed by atoms with van der Waals surface area (Å²) in [5.41, 5.74) is 2.36. The Labute approximate surface area is 165 Å². The summed E-state index contributed by atoms with van der Waals surface area (Å²) in [7, 11) is 0. The normalized spacial score (nSPS) is 29.6. The molecule has 28 heavy (non-hydrogen) atoms. The molecule has 1 aromatic carbocycles. The minimum absolute atomic E-state index is 0.0626. The van der Waals surface area contributed by atoms with Crippen molar-refractivity contribution in [2.45, 2.75) is 38.3 Å². The van der Waals surface area contributed by atoms with Crippen LogP contribution in [0.25, 0.3) is 0 Å². The molecule has 5 rings (SSSR count). The van der Waals surface area contributed by atoms with Gasteiger partial charge in [0.2, 0.25) is 5.13 Å². The lowest BCUT2D eigenvalue weighted by molar-refractivity contribution is -0.132. The second-order valence-electron chi connectivity index (χ2n) is 7.64. The van der Waals surface area contributed by atoms with Crippen LogP contribution in [0, 0.1) is 17.7 Å². The van der Waals surface area contributed by atoms with Crippen molar-refractivity contribution in [3.05, 3.63) is 52.5 Å². The van der Waals surface area contributed by atoms with Crippen molar-refractivity contribution in [3.63, 3.8) is 0 Å². The standard InChI is InChI=1S/C20H18FN3O3S/c1-10-5-6-14-13(7-10)17(25)15-16(11-3-2-4-12(21)8-11)24(19(26)18(15)27-14)20-23-22-9-28-20/h2-4,8-10,13-14,16H,5-7H2,1H3. The molecule has 2 aromatic rings. The molecular formula is C20H18FN3O3S. The number of anilines is 1. The van der Waals surface area contributed by atoms with Crippen LogP contribution in [0.1, 0.15) is 37.8 Å². The maximum atomic E-state index is 14.0. The summed E-state index contributed by atoms with van der Waals surface area (Å²) in [6, 6.07) is 5.23. The third-order valence-electron chi connectivity index (χ3n) is 5.83. The minimum Gasteiger partial charge on any atom is -0.483 e. The molecule has 144 valence electrons. The number of benzene rings is 1. The summed E-state index contributed by atoms with van der Waals surface area (Å²) in [5, 5.41) is 8.20. The van der Waals surface area contributed by atoms with Gasteiger partial charge in [-0.05, 0) is 42.9 Å². The molecule has 1 aliphatic carbocycles. The van der Waals surface area contributed by atoms with Gasteiger partial charge in [0.05, 0.1) is 17.5 Å². The van der Waals surface area contributed by atoms with Gasteiger partial charge in [0.15, 0.2) is 11.5 Å². The monoisotopic (exact) mass is 399 g/mol. The van der Waals surface area contributed by atoms with Gasteiger partial charge in [0, 0.05) is 0 Å². The van der Waals surface area contributed by atoms with E-state index in [-0.39, 0.29) is 23.6 Å². The van der Waals surface area contributed by atoms with Gasteiger partial charge in [-0.3, -0.25) is 14.5 Å². The van der Waals surface area contributed by atoms with E-state index in [1.807, 2.05) is 0 Å². The Balaban J connectivity index is 1.65. The molecular weight excluding hydrogens is 381 g/mol. The number of carbonyl (C=O) groups is 2. The number of fused-ring (bicyclic) bond motifs is 1. The van der Waals surface area contributed by atoms with E-state index in [9.17, 15) is 14.0 Å². The quantitative estimate of drug-likeness (QED) is 0.774. The van der Waals surface area contributed by atoms with E-state index in [0.717, 1.165) is 19.3 Å².